The molecule has 8 nitrogen and oxygen atoms in total. The highest BCUT2D eigenvalue weighted by Gasteiger charge is 2.45. The Bertz CT molecular complexity index is 753. The first-order valence-electron chi connectivity index (χ1n) is 7.07. The lowest BCUT2D eigenvalue weighted by Gasteiger charge is -2.14. The highest BCUT2D eigenvalue weighted by molar-refractivity contribution is 6.05. The SMILES string of the molecule is CC1/C=C2/OC(F)(F)O/C2=C/CN=C(NC(=O)c2cc(N)c[nH]2)N1. The fourth-order valence-corrected chi connectivity index (χ4v) is 2.18. The number of hydrogen-bond donors (Lipinski definition) is 4. The number of aliphatic imine (C=N–C) groups is 1. The van der Waals surface area contributed by atoms with Gasteiger partial charge in [0.15, 0.2) is 17.5 Å². The number of nitrogen functional groups attached to an aromatic ring is 1. The molecule has 1 unspecified atom stereocenters. The number of anilines is 1. The molecule has 1 fully saturated rings. The Hall–Kier alpha value is -3.04. The van der Waals surface area contributed by atoms with Crippen LogP contribution in [0.4, 0.5) is 14.5 Å². The van der Waals surface area contributed by atoms with Crippen LogP contribution in [0.2, 0.25) is 0 Å². The summed E-state index contributed by atoms with van der Waals surface area (Å²) in [6.07, 6.45) is 0.545. The predicted octanol–water partition coefficient (Wildman–Crippen LogP) is 1.04. The number of guanidine groups is 1. The van der Waals surface area contributed by atoms with Crippen LogP contribution < -0.4 is 16.4 Å². The summed E-state index contributed by atoms with van der Waals surface area (Å²) in [7, 11) is 0. The van der Waals surface area contributed by atoms with E-state index < -0.39 is 18.2 Å². The molecule has 5 N–H and O–H groups in total. The van der Waals surface area contributed by atoms with Crippen LogP contribution in [-0.4, -0.2) is 35.7 Å². The average Bonchev–Trinajstić information content (AvgIpc) is 3.02. The minimum Gasteiger partial charge on any atom is -0.397 e. The number of hydrogen-bond acceptors (Lipinski definition) is 6. The molecule has 0 radical (unpaired) electrons. The molecule has 1 amide bonds. The number of nitrogens with one attached hydrogen (secondary N) is 3. The molecule has 1 atom stereocenters. The molecule has 2 aliphatic rings. The lowest BCUT2D eigenvalue weighted by Crippen LogP contribution is -2.44. The number of carbonyl (C=O) groups is 1. The second-order valence-corrected chi connectivity index (χ2v) is 5.19. The molecule has 1 aromatic heterocycles. The third-order valence-corrected chi connectivity index (χ3v) is 3.17. The van der Waals surface area contributed by atoms with E-state index in [-0.39, 0.29) is 29.7 Å². The molecule has 0 spiro atoms. The molecule has 10 heteroatoms. The number of fused-ring (bicyclic) bond motifs is 1. The summed E-state index contributed by atoms with van der Waals surface area (Å²) < 4.78 is 35.1. The van der Waals surface area contributed by atoms with Crippen molar-refractivity contribution in [3.05, 3.63) is 41.6 Å². The summed E-state index contributed by atoms with van der Waals surface area (Å²) in [5.41, 5.74) is 6.24. The number of H-pyrrole nitrogens is 1. The van der Waals surface area contributed by atoms with E-state index in [2.05, 4.69) is 30.1 Å². The molecular weight excluding hydrogens is 324 g/mol. The Morgan fingerprint density at radius 2 is 2.21 bits per heavy atom. The minimum absolute atomic E-state index is 0.00825. The zero-order chi connectivity index (χ0) is 17.3. The van der Waals surface area contributed by atoms with Crippen LogP contribution in [0.1, 0.15) is 17.4 Å². The van der Waals surface area contributed by atoms with Gasteiger partial charge in [0, 0.05) is 17.9 Å². The van der Waals surface area contributed by atoms with Crippen LogP contribution in [0.25, 0.3) is 0 Å². The van der Waals surface area contributed by atoms with Gasteiger partial charge in [0.2, 0.25) is 0 Å². The summed E-state index contributed by atoms with van der Waals surface area (Å²) in [6, 6.07) is 1.03. The molecule has 24 heavy (non-hydrogen) atoms. The van der Waals surface area contributed by atoms with Gasteiger partial charge in [0.25, 0.3) is 5.91 Å². The van der Waals surface area contributed by atoms with Crippen molar-refractivity contribution in [2.75, 3.05) is 12.3 Å². The van der Waals surface area contributed by atoms with Crippen LogP contribution in [0, 0.1) is 0 Å². The maximum absolute atomic E-state index is 13.1. The van der Waals surface area contributed by atoms with Gasteiger partial charge in [0.1, 0.15) is 5.69 Å². The van der Waals surface area contributed by atoms with Crippen molar-refractivity contribution >= 4 is 17.6 Å². The molecule has 2 aliphatic heterocycles. The molecule has 0 saturated carbocycles. The molecule has 0 aromatic carbocycles. The van der Waals surface area contributed by atoms with Crippen molar-refractivity contribution in [3.8, 4) is 0 Å². The van der Waals surface area contributed by atoms with Crippen LogP contribution in [0.3, 0.4) is 0 Å². The van der Waals surface area contributed by atoms with Crippen molar-refractivity contribution in [1.29, 1.82) is 0 Å². The van der Waals surface area contributed by atoms with Crippen molar-refractivity contribution < 1.29 is 23.0 Å². The Balaban J connectivity index is 1.75. The Morgan fingerprint density at radius 3 is 2.92 bits per heavy atom. The fraction of sp³-hybridized carbons (Fsp3) is 0.286. The third-order valence-electron chi connectivity index (χ3n) is 3.17. The Morgan fingerprint density at radius 1 is 1.46 bits per heavy atom. The number of nitrogens with two attached hydrogens (primary N) is 1. The molecule has 0 bridgehead atoms. The quantitative estimate of drug-likeness (QED) is 0.610. The van der Waals surface area contributed by atoms with E-state index in [1.165, 1.54) is 24.4 Å². The summed E-state index contributed by atoms with van der Waals surface area (Å²) in [5, 5.41) is 5.47. The smallest absolute Gasteiger partial charge is 0.397 e. The number of aromatic amines is 1. The second-order valence-electron chi connectivity index (χ2n) is 5.19. The fourth-order valence-electron chi connectivity index (χ4n) is 2.18. The van der Waals surface area contributed by atoms with E-state index in [4.69, 9.17) is 5.73 Å². The zero-order valence-corrected chi connectivity index (χ0v) is 12.6. The van der Waals surface area contributed by atoms with Gasteiger partial charge >= 0.3 is 6.29 Å². The van der Waals surface area contributed by atoms with E-state index in [1.807, 2.05) is 0 Å². The van der Waals surface area contributed by atoms with E-state index >= 15 is 0 Å². The number of nitrogens with zero attached hydrogens (tertiary/aromatic N) is 1. The van der Waals surface area contributed by atoms with Gasteiger partial charge in [-0.3, -0.25) is 10.1 Å². The minimum atomic E-state index is -3.69. The van der Waals surface area contributed by atoms with Gasteiger partial charge in [0.05, 0.1) is 6.54 Å². The highest BCUT2D eigenvalue weighted by Crippen LogP contribution is 2.36. The van der Waals surface area contributed by atoms with Gasteiger partial charge in [-0.1, -0.05) is 0 Å². The molecular formula is C14H15F2N5O3. The first-order valence-corrected chi connectivity index (χ1v) is 7.07. The molecule has 0 aliphatic carbocycles. The number of halogens is 2. The predicted molar refractivity (Wildman–Crippen MR) is 80.9 cm³/mol. The standard InChI is InChI=1S/C14H15F2N5O3/c1-7-4-11-10(23-14(15,16)24-11)2-3-18-13(20-7)21-12(22)9-5-8(17)6-19-9/h2,4-7,19H,3,17H2,1H3,(H2,18,20,21,22)/b10-2+,11-4+. The molecule has 3 heterocycles. The van der Waals surface area contributed by atoms with Gasteiger partial charge in [-0.25, -0.2) is 4.99 Å². The molecule has 128 valence electrons. The summed E-state index contributed by atoms with van der Waals surface area (Å²) in [6.45, 7) is 1.69. The second kappa shape index (κ2) is 5.87. The van der Waals surface area contributed by atoms with E-state index in [1.54, 1.807) is 6.92 Å². The lowest BCUT2D eigenvalue weighted by molar-refractivity contribution is -0.326. The van der Waals surface area contributed by atoms with Crippen molar-refractivity contribution in [1.82, 2.24) is 15.6 Å². The number of carbonyl (C=O) groups excluding carboxylic acids is 1. The first kappa shape index (κ1) is 15.8. The summed E-state index contributed by atoms with van der Waals surface area (Å²) >= 11 is 0. The summed E-state index contributed by atoms with van der Waals surface area (Å²) in [5.74, 6) is -0.438. The van der Waals surface area contributed by atoms with E-state index in [0.717, 1.165) is 0 Å². The Labute approximate surface area is 135 Å². The maximum atomic E-state index is 13.1. The normalized spacial score (nSPS) is 26.5. The van der Waals surface area contributed by atoms with Crippen molar-refractivity contribution in [2.45, 2.75) is 19.3 Å². The van der Waals surface area contributed by atoms with Crippen LogP contribution in [-0.2, 0) is 9.47 Å². The number of aromatic nitrogens is 1. The number of rotatable bonds is 1. The first-order chi connectivity index (χ1) is 11.3. The highest BCUT2D eigenvalue weighted by atomic mass is 19.3. The number of amides is 1. The van der Waals surface area contributed by atoms with E-state index in [0.29, 0.717) is 5.69 Å². The van der Waals surface area contributed by atoms with Crippen molar-refractivity contribution in [3.63, 3.8) is 0 Å². The van der Waals surface area contributed by atoms with Gasteiger partial charge in [-0.15, -0.1) is 8.78 Å². The Kier molecular flexibility index (Phi) is 3.87. The van der Waals surface area contributed by atoms with Gasteiger partial charge < -0.3 is 25.5 Å². The monoisotopic (exact) mass is 339 g/mol. The molecule has 3 rings (SSSR count). The van der Waals surface area contributed by atoms with Crippen LogP contribution in [0.5, 0.6) is 0 Å². The topological polar surface area (TPSA) is 114 Å². The molecule has 1 saturated heterocycles. The zero-order valence-electron chi connectivity index (χ0n) is 12.6. The number of ether oxygens (including phenoxy) is 2. The average molecular weight is 339 g/mol. The molecule has 1 aromatic rings. The summed E-state index contributed by atoms with van der Waals surface area (Å²) in [4.78, 5) is 18.9. The van der Waals surface area contributed by atoms with E-state index in [9.17, 15) is 13.6 Å². The number of alkyl halides is 2. The third kappa shape index (κ3) is 3.47. The maximum Gasteiger partial charge on any atom is 0.586 e. The van der Waals surface area contributed by atoms with Crippen LogP contribution >= 0.6 is 0 Å². The largest absolute Gasteiger partial charge is 0.586 e. The van der Waals surface area contributed by atoms with Crippen LogP contribution in [0.15, 0.2) is 40.9 Å². The van der Waals surface area contributed by atoms with Gasteiger partial charge in [-0.05, 0) is 25.1 Å². The lowest BCUT2D eigenvalue weighted by atomic mass is 10.2. The van der Waals surface area contributed by atoms with Gasteiger partial charge in [-0.2, -0.15) is 0 Å². The van der Waals surface area contributed by atoms with Crippen molar-refractivity contribution in [2.24, 2.45) is 4.99 Å².